The van der Waals surface area contributed by atoms with Gasteiger partial charge in [0.25, 0.3) is 11.7 Å². The number of benzene rings is 1. The van der Waals surface area contributed by atoms with Crippen molar-refractivity contribution in [2.75, 3.05) is 11.5 Å². The Balaban J connectivity index is 1.98. The maximum absolute atomic E-state index is 13.0. The van der Waals surface area contributed by atoms with E-state index in [0.717, 1.165) is 11.5 Å². The number of thioether (sulfide) groups is 1. The fourth-order valence-electron chi connectivity index (χ4n) is 3.03. The molecule has 1 fully saturated rings. The third kappa shape index (κ3) is 4.84. The Kier molecular flexibility index (Phi) is 7.15. The normalized spacial score (nSPS) is 18.3. The van der Waals surface area contributed by atoms with E-state index in [4.69, 9.17) is 32.7 Å². The van der Waals surface area contributed by atoms with Gasteiger partial charge in [-0.2, -0.15) is 20.5 Å². The van der Waals surface area contributed by atoms with Crippen LogP contribution in [0.3, 0.4) is 0 Å². The number of alkyl halides is 2. The van der Waals surface area contributed by atoms with Crippen molar-refractivity contribution in [2.45, 2.75) is 32.2 Å². The van der Waals surface area contributed by atoms with Crippen LogP contribution in [0.1, 0.15) is 30.1 Å². The molecule has 3 rings (SSSR count). The number of amides is 1. The highest BCUT2D eigenvalue weighted by atomic mass is 35.5. The van der Waals surface area contributed by atoms with Crippen LogP contribution in [0, 0.1) is 0 Å². The van der Waals surface area contributed by atoms with Crippen molar-refractivity contribution < 1.29 is 27.8 Å². The van der Waals surface area contributed by atoms with E-state index in [9.17, 15) is 13.6 Å². The second-order valence-electron chi connectivity index (χ2n) is 6.40. The SMILES string of the molecule is C=N/C=C(Cl)\C(NC(=O)c1ccc(OC(F)F)c2c1OC1(CCSCC1)O2)=C(/C)Cl. The first kappa shape index (κ1) is 22.7. The van der Waals surface area contributed by atoms with Gasteiger partial charge in [0, 0.05) is 35.6 Å². The lowest BCUT2D eigenvalue weighted by Crippen LogP contribution is -2.42. The van der Waals surface area contributed by atoms with Gasteiger partial charge >= 0.3 is 6.61 Å². The summed E-state index contributed by atoms with van der Waals surface area (Å²) in [5.41, 5.74) is 0.188. The highest BCUT2D eigenvalue weighted by Crippen LogP contribution is 2.51. The summed E-state index contributed by atoms with van der Waals surface area (Å²) in [4.78, 5) is 16.5. The quantitative estimate of drug-likeness (QED) is 0.445. The molecule has 1 aromatic carbocycles. The van der Waals surface area contributed by atoms with E-state index in [1.54, 1.807) is 11.8 Å². The first-order valence-corrected chi connectivity index (χ1v) is 10.7. The Morgan fingerprint density at radius 3 is 2.60 bits per heavy atom. The average Bonchev–Trinajstić information content (AvgIpc) is 3.05. The summed E-state index contributed by atoms with van der Waals surface area (Å²) in [6, 6.07) is 2.55. The van der Waals surface area contributed by atoms with Gasteiger partial charge in [-0.25, -0.2) is 0 Å². The zero-order chi connectivity index (χ0) is 21.9. The van der Waals surface area contributed by atoms with Gasteiger partial charge in [-0.1, -0.05) is 23.2 Å². The number of carbonyl (C=O) groups excluding carboxylic acids is 1. The van der Waals surface area contributed by atoms with Crippen LogP contribution >= 0.6 is 35.0 Å². The topological polar surface area (TPSA) is 69.2 Å². The number of hydrogen-bond acceptors (Lipinski definition) is 6. The lowest BCUT2D eigenvalue weighted by Gasteiger charge is -2.31. The average molecular weight is 479 g/mol. The van der Waals surface area contributed by atoms with E-state index in [2.05, 4.69) is 21.8 Å². The molecule has 2 heterocycles. The molecule has 1 saturated heterocycles. The van der Waals surface area contributed by atoms with Gasteiger partial charge in [0.05, 0.1) is 16.3 Å². The lowest BCUT2D eigenvalue weighted by molar-refractivity contribution is -0.0894. The number of allylic oxidation sites excluding steroid dienone is 2. The van der Waals surface area contributed by atoms with Gasteiger partial charge in [0.2, 0.25) is 5.75 Å². The minimum Gasteiger partial charge on any atom is -0.447 e. The molecule has 0 saturated carbocycles. The van der Waals surface area contributed by atoms with Crippen LogP contribution in [-0.2, 0) is 0 Å². The fraction of sp³-hybridized carbons (Fsp3) is 0.368. The maximum atomic E-state index is 13.0. The predicted octanol–water partition coefficient (Wildman–Crippen LogP) is 5.26. The highest BCUT2D eigenvalue weighted by Gasteiger charge is 2.46. The molecule has 162 valence electrons. The highest BCUT2D eigenvalue weighted by molar-refractivity contribution is 7.99. The number of fused-ring (bicyclic) bond motifs is 1. The van der Waals surface area contributed by atoms with Crippen LogP contribution in [0.4, 0.5) is 8.78 Å². The lowest BCUT2D eigenvalue weighted by atomic mass is 10.1. The van der Waals surface area contributed by atoms with E-state index >= 15 is 0 Å². The summed E-state index contributed by atoms with van der Waals surface area (Å²) in [5, 5.41) is 2.87. The number of ether oxygens (including phenoxy) is 3. The fourth-order valence-corrected chi connectivity index (χ4v) is 4.60. The van der Waals surface area contributed by atoms with Gasteiger partial charge < -0.3 is 19.5 Å². The van der Waals surface area contributed by atoms with E-state index in [1.807, 2.05) is 0 Å². The molecule has 1 spiro atoms. The molecule has 1 aromatic rings. The smallest absolute Gasteiger partial charge is 0.387 e. The third-order valence-electron chi connectivity index (χ3n) is 4.39. The minimum atomic E-state index is -3.06. The van der Waals surface area contributed by atoms with Crippen molar-refractivity contribution in [3.63, 3.8) is 0 Å². The van der Waals surface area contributed by atoms with Crippen LogP contribution in [0.5, 0.6) is 17.2 Å². The molecule has 0 aromatic heterocycles. The van der Waals surface area contributed by atoms with Crippen molar-refractivity contribution in [2.24, 2.45) is 4.99 Å². The van der Waals surface area contributed by atoms with Crippen LogP contribution in [0.2, 0.25) is 0 Å². The molecule has 0 radical (unpaired) electrons. The van der Waals surface area contributed by atoms with E-state index in [-0.39, 0.29) is 38.6 Å². The predicted molar refractivity (Wildman–Crippen MR) is 113 cm³/mol. The van der Waals surface area contributed by atoms with Gasteiger partial charge in [-0.15, -0.1) is 0 Å². The third-order valence-corrected chi connectivity index (χ3v) is 5.86. The molecule has 1 amide bonds. The Bertz CT molecular complexity index is 914. The van der Waals surface area contributed by atoms with E-state index in [0.29, 0.717) is 12.8 Å². The van der Waals surface area contributed by atoms with Crippen molar-refractivity contribution >= 4 is 47.6 Å². The molecule has 0 unspecified atom stereocenters. The van der Waals surface area contributed by atoms with Gasteiger partial charge in [0.15, 0.2) is 11.5 Å². The van der Waals surface area contributed by atoms with Gasteiger partial charge in [-0.05, 0) is 25.8 Å². The van der Waals surface area contributed by atoms with Crippen LogP contribution in [0.15, 0.2) is 39.1 Å². The molecular weight excluding hydrogens is 461 g/mol. The van der Waals surface area contributed by atoms with Crippen LogP contribution in [0.25, 0.3) is 0 Å². The second-order valence-corrected chi connectivity index (χ2v) is 8.60. The molecule has 1 N–H and O–H groups in total. The molecule has 0 aliphatic carbocycles. The standard InChI is InChI=1S/C19H18Cl2F2N2O4S/c1-10(20)14(12(21)9-24-2)25-17(26)11-3-4-13(27-18(22)23)16-15(11)28-19(29-16)5-7-30-8-6-19/h3-4,9,18H,2,5-8H2,1H3,(H,25,26)/b12-9+,14-10-. The summed E-state index contributed by atoms with van der Waals surface area (Å²) < 4.78 is 42.2. The molecule has 2 aliphatic heterocycles. The molecule has 0 bridgehead atoms. The first-order valence-electron chi connectivity index (χ1n) is 8.83. The van der Waals surface area contributed by atoms with Crippen LogP contribution in [-0.4, -0.2) is 36.5 Å². The Morgan fingerprint density at radius 2 is 2.00 bits per heavy atom. The molecule has 30 heavy (non-hydrogen) atoms. The van der Waals surface area contributed by atoms with Crippen molar-refractivity contribution in [1.29, 1.82) is 0 Å². The molecule has 6 nitrogen and oxygen atoms in total. The van der Waals surface area contributed by atoms with Crippen LogP contribution < -0.4 is 19.5 Å². The van der Waals surface area contributed by atoms with Crippen molar-refractivity contribution in [3.8, 4) is 17.2 Å². The molecule has 0 atom stereocenters. The summed E-state index contributed by atoms with van der Waals surface area (Å²) in [7, 11) is 0. The Hall–Kier alpha value is -1.97. The van der Waals surface area contributed by atoms with Crippen molar-refractivity contribution in [3.05, 3.63) is 39.7 Å². The monoisotopic (exact) mass is 478 g/mol. The number of nitrogens with one attached hydrogen (secondary N) is 1. The summed E-state index contributed by atoms with van der Waals surface area (Å²) >= 11 is 13.9. The maximum Gasteiger partial charge on any atom is 0.387 e. The Labute approximate surface area is 186 Å². The zero-order valence-electron chi connectivity index (χ0n) is 15.8. The van der Waals surface area contributed by atoms with Gasteiger partial charge in [-0.3, -0.25) is 9.79 Å². The number of nitrogens with zero attached hydrogens (tertiary/aromatic N) is 1. The molecule has 11 heteroatoms. The number of rotatable bonds is 6. The largest absolute Gasteiger partial charge is 0.447 e. The first-order chi connectivity index (χ1) is 14.3. The number of hydrogen-bond donors (Lipinski definition) is 1. The van der Waals surface area contributed by atoms with Crippen molar-refractivity contribution in [1.82, 2.24) is 5.32 Å². The van der Waals surface area contributed by atoms with E-state index < -0.39 is 18.3 Å². The molecule has 2 aliphatic rings. The summed E-state index contributed by atoms with van der Waals surface area (Å²) in [6.45, 7) is 1.79. The number of aliphatic imine (C=N–C) groups is 1. The zero-order valence-corrected chi connectivity index (χ0v) is 18.2. The number of halogens is 4. The van der Waals surface area contributed by atoms with E-state index in [1.165, 1.54) is 25.3 Å². The second kappa shape index (κ2) is 9.45. The molecular formula is C19H18Cl2F2N2O4S. The number of carbonyl (C=O) groups is 1. The van der Waals surface area contributed by atoms with Gasteiger partial charge in [0.1, 0.15) is 0 Å². The summed E-state index contributed by atoms with van der Waals surface area (Å²) in [6.07, 6.45) is 2.29. The Morgan fingerprint density at radius 1 is 1.33 bits per heavy atom. The summed E-state index contributed by atoms with van der Waals surface area (Å²) in [5.74, 6) is -0.295. The minimum absolute atomic E-state index is 0.0302.